The van der Waals surface area contributed by atoms with Gasteiger partial charge in [-0.2, -0.15) is 0 Å². The summed E-state index contributed by atoms with van der Waals surface area (Å²) in [5.74, 6) is 0.931. The molecule has 0 saturated carbocycles. The second-order valence-electron chi connectivity index (χ2n) is 3.21. The van der Waals surface area contributed by atoms with Crippen molar-refractivity contribution in [3.63, 3.8) is 0 Å². The Balaban J connectivity index is 2.30. The van der Waals surface area contributed by atoms with E-state index in [9.17, 15) is 4.79 Å². The van der Waals surface area contributed by atoms with Crippen LogP contribution in [0, 0.1) is 0 Å². The lowest BCUT2D eigenvalue weighted by atomic mass is 10.3. The first-order valence-corrected chi connectivity index (χ1v) is 4.94. The van der Waals surface area contributed by atoms with Gasteiger partial charge in [0.15, 0.2) is 0 Å². The summed E-state index contributed by atoms with van der Waals surface area (Å²) in [7, 11) is 0. The molecular weight excluding hydrogens is 228 g/mol. The van der Waals surface area contributed by atoms with Gasteiger partial charge in [0.05, 0.1) is 0 Å². The minimum Gasteiger partial charge on any atom is -0.457 e. The number of nitrogen functional groups attached to an aromatic ring is 1. The Labute approximate surface area is 96.6 Å². The molecule has 1 aromatic carbocycles. The first kappa shape index (κ1) is 10.6. The summed E-state index contributed by atoms with van der Waals surface area (Å²) < 4.78 is 5.44. The van der Waals surface area contributed by atoms with Crippen molar-refractivity contribution in [3.05, 3.63) is 51.9 Å². The van der Waals surface area contributed by atoms with Gasteiger partial charge in [0.25, 0.3) is 5.56 Å². The normalized spacial score (nSPS) is 10.1. The van der Waals surface area contributed by atoms with E-state index in [0.29, 0.717) is 22.2 Å². The first-order chi connectivity index (χ1) is 7.63. The van der Waals surface area contributed by atoms with Gasteiger partial charge in [-0.15, -0.1) is 0 Å². The van der Waals surface area contributed by atoms with Crippen molar-refractivity contribution < 1.29 is 4.74 Å². The number of pyridine rings is 1. The fourth-order valence-corrected chi connectivity index (χ4v) is 1.50. The number of anilines is 1. The Morgan fingerprint density at radius 3 is 2.69 bits per heavy atom. The minimum atomic E-state index is -0.229. The van der Waals surface area contributed by atoms with Crippen molar-refractivity contribution in [1.29, 1.82) is 0 Å². The van der Waals surface area contributed by atoms with E-state index in [0.717, 1.165) is 0 Å². The van der Waals surface area contributed by atoms with E-state index in [1.54, 1.807) is 24.3 Å². The van der Waals surface area contributed by atoms with Gasteiger partial charge in [-0.1, -0.05) is 11.6 Å². The molecule has 2 aromatic rings. The van der Waals surface area contributed by atoms with Crippen LogP contribution < -0.4 is 16.0 Å². The highest BCUT2D eigenvalue weighted by Gasteiger charge is 2.00. The molecule has 0 fully saturated rings. The van der Waals surface area contributed by atoms with E-state index in [2.05, 4.69) is 4.98 Å². The molecule has 16 heavy (non-hydrogen) atoms. The third-order valence-corrected chi connectivity index (χ3v) is 2.09. The number of ether oxygens (including phenoxy) is 1. The summed E-state index contributed by atoms with van der Waals surface area (Å²) in [4.78, 5) is 13.5. The predicted octanol–water partition coefficient (Wildman–Crippen LogP) is 2.40. The number of benzene rings is 1. The van der Waals surface area contributed by atoms with Crippen LogP contribution in [0.25, 0.3) is 0 Å². The Morgan fingerprint density at radius 2 is 2.00 bits per heavy atom. The van der Waals surface area contributed by atoms with Gasteiger partial charge in [0.1, 0.15) is 11.5 Å². The second-order valence-corrected chi connectivity index (χ2v) is 3.65. The Kier molecular flexibility index (Phi) is 2.83. The average molecular weight is 237 g/mol. The van der Waals surface area contributed by atoms with E-state index in [4.69, 9.17) is 22.1 Å². The Bertz CT molecular complexity index is 546. The summed E-state index contributed by atoms with van der Waals surface area (Å²) in [5, 5.41) is 0.486. The average Bonchev–Trinajstić information content (AvgIpc) is 2.15. The van der Waals surface area contributed by atoms with E-state index < -0.39 is 0 Å². The molecule has 3 N–H and O–H groups in total. The van der Waals surface area contributed by atoms with Gasteiger partial charge in [-0.3, -0.25) is 4.79 Å². The largest absolute Gasteiger partial charge is 0.457 e. The zero-order chi connectivity index (χ0) is 11.5. The maximum atomic E-state index is 11.0. The molecule has 1 aromatic heterocycles. The van der Waals surface area contributed by atoms with Crippen molar-refractivity contribution in [2.45, 2.75) is 0 Å². The van der Waals surface area contributed by atoms with Gasteiger partial charge in [0.2, 0.25) is 0 Å². The molecule has 0 aliphatic heterocycles. The van der Waals surface area contributed by atoms with Crippen molar-refractivity contribution >= 4 is 17.3 Å². The molecule has 0 aliphatic carbocycles. The fraction of sp³-hybridized carbons (Fsp3) is 0. The number of nitrogens with one attached hydrogen (secondary N) is 1. The highest BCUT2D eigenvalue weighted by atomic mass is 35.5. The quantitative estimate of drug-likeness (QED) is 0.787. The maximum absolute atomic E-state index is 11.0. The number of aromatic amines is 1. The van der Waals surface area contributed by atoms with Gasteiger partial charge in [0, 0.05) is 29.0 Å². The summed E-state index contributed by atoms with van der Waals surface area (Å²) in [5.41, 5.74) is 5.89. The number of nitrogens with two attached hydrogens (primary N) is 1. The van der Waals surface area contributed by atoms with Gasteiger partial charge in [-0.05, 0) is 18.2 Å². The molecule has 0 amide bonds. The Morgan fingerprint density at radius 1 is 1.19 bits per heavy atom. The molecule has 2 rings (SSSR count). The van der Waals surface area contributed by atoms with E-state index in [1.807, 2.05) is 0 Å². The van der Waals surface area contributed by atoms with Crippen molar-refractivity contribution in [3.8, 4) is 11.5 Å². The lowest BCUT2D eigenvalue weighted by molar-refractivity contribution is 0.481. The van der Waals surface area contributed by atoms with Crippen LogP contribution in [0.5, 0.6) is 11.5 Å². The molecular formula is C11H9ClN2O2. The minimum absolute atomic E-state index is 0.229. The fourth-order valence-electron chi connectivity index (χ4n) is 1.27. The molecule has 0 radical (unpaired) electrons. The molecule has 1 heterocycles. The molecule has 0 saturated heterocycles. The molecule has 0 spiro atoms. The molecule has 0 aliphatic rings. The summed E-state index contributed by atoms with van der Waals surface area (Å²) >= 11 is 5.82. The van der Waals surface area contributed by atoms with Crippen LogP contribution in [-0.2, 0) is 0 Å². The monoisotopic (exact) mass is 236 g/mol. The van der Waals surface area contributed by atoms with Crippen molar-refractivity contribution in [2.24, 2.45) is 0 Å². The van der Waals surface area contributed by atoms with Gasteiger partial charge >= 0.3 is 0 Å². The smallest absolute Gasteiger partial charge is 0.251 e. The molecule has 0 atom stereocenters. The number of rotatable bonds is 2. The lowest BCUT2D eigenvalue weighted by Gasteiger charge is -2.06. The van der Waals surface area contributed by atoms with Crippen LogP contribution in [0.15, 0.2) is 41.3 Å². The highest BCUT2D eigenvalue weighted by Crippen LogP contribution is 2.26. The van der Waals surface area contributed by atoms with E-state index >= 15 is 0 Å². The zero-order valence-corrected chi connectivity index (χ0v) is 8.99. The highest BCUT2D eigenvalue weighted by molar-refractivity contribution is 6.31. The number of hydrogen-bond acceptors (Lipinski definition) is 3. The van der Waals surface area contributed by atoms with Gasteiger partial charge < -0.3 is 15.5 Å². The van der Waals surface area contributed by atoms with Crippen LogP contribution in [0.4, 0.5) is 5.69 Å². The SMILES string of the molecule is Nc1cc(Cl)cc(Oc2cc[nH]c(=O)c2)c1. The number of aromatic nitrogens is 1. The van der Waals surface area contributed by atoms with E-state index in [1.165, 1.54) is 12.3 Å². The molecule has 0 unspecified atom stereocenters. The Hall–Kier alpha value is -1.94. The van der Waals surface area contributed by atoms with Crippen LogP contribution in [0.3, 0.4) is 0 Å². The molecule has 0 bridgehead atoms. The number of H-pyrrole nitrogens is 1. The number of hydrogen-bond donors (Lipinski definition) is 2. The summed E-state index contributed by atoms with van der Waals surface area (Å²) in [6, 6.07) is 7.86. The third-order valence-electron chi connectivity index (χ3n) is 1.88. The topological polar surface area (TPSA) is 68.1 Å². The van der Waals surface area contributed by atoms with Crippen LogP contribution in [-0.4, -0.2) is 4.98 Å². The maximum Gasteiger partial charge on any atom is 0.251 e. The molecule has 5 heteroatoms. The van der Waals surface area contributed by atoms with Crippen molar-refractivity contribution in [2.75, 3.05) is 5.73 Å². The summed E-state index contributed by atoms with van der Waals surface area (Å²) in [6.45, 7) is 0. The lowest BCUT2D eigenvalue weighted by Crippen LogP contribution is -2.02. The third kappa shape index (κ3) is 2.55. The van der Waals surface area contributed by atoms with E-state index in [-0.39, 0.29) is 5.56 Å². The molecule has 82 valence electrons. The predicted molar refractivity (Wildman–Crippen MR) is 63.0 cm³/mol. The molecule has 4 nitrogen and oxygen atoms in total. The standard InChI is InChI=1S/C11H9ClN2O2/c12-7-3-8(13)5-10(4-7)16-9-1-2-14-11(15)6-9/h1-6H,13H2,(H,14,15). The summed E-state index contributed by atoms with van der Waals surface area (Å²) in [6.07, 6.45) is 1.51. The van der Waals surface area contributed by atoms with Crippen molar-refractivity contribution in [1.82, 2.24) is 4.98 Å². The van der Waals surface area contributed by atoms with Crippen LogP contribution in [0.1, 0.15) is 0 Å². The number of halogens is 1. The van der Waals surface area contributed by atoms with Crippen LogP contribution >= 0.6 is 11.6 Å². The second kappa shape index (κ2) is 4.28. The zero-order valence-electron chi connectivity index (χ0n) is 8.24. The van der Waals surface area contributed by atoms with Gasteiger partial charge in [-0.25, -0.2) is 0 Å². The van der Waals surface area contributed by atoms with Crippen LogP contribution in [0.2, 0.25) is 5.02 Å². The first-order valence-electron chi connectivity index (χ1n) is 4.56.